The molecule has 1 rings (SSSR count). The van der Waals surface area contributed by atoms with Gasteiger partial charge in [-0.15, -0.1) is 5.10 Å². The Hall–Kier alpha value is -2.12. The van der Waals surface area contributed by atoms with E-state index in [9.17, 15) is 9.59 Å². The van der Waals surface area contributed by atoms with Crippen molar-refractivity contribution in [3.05, 3.63) is 5.82 Å². The van der Waals surface area contributed by atoms with Crippen LogP contribution in [0, 0.1) is 5.92 Å². The van der Waals surface area contributed by atoms with Crippen molar-refractivity contribution in [1.29, 1.82) is 0 Å². The highest BCUT2D eigenvalue weighted by Gasteiger charge is 2.14. The maximum Gasteiger partial charge on any atom is 0.239 e. The van der Waals surface area contributed by atoms with Gasteiger partial charge in [0.15, 0.2) is 0 Å². The van der Waals surface area contributed by atoms with Gasteiger partial charge < -0.3 is 16.4 Å². The summed E-state index contributed by atoms with van der Waals surface area (Å²) in [7, 11) is 0. The van der Waals surface area contributed by atoms with E-state index in [4.69, 9.17) is 5.73 Å². The van der Waals surface area contributed by atoms with Crippen molar-refractivity contribution in [3.63, 3.8) is 0 Å². The Kier molecular flexibility index (Phi) is 4.64. The van der Waals surface area contributed by atoms with Crippen LogP contribution in [0.4, 0.5) is 5.95 Å². The van der Waals surface area contributed by atoms with Gasteiger partial charge in [-0.05, 0) is 6.92 Å². The van der Waals surface area contributed by atoms with Crippen LogP contribution in [0.2, 0.25) is 0 Å². The molecule has 1 unspecified atom stereocenters. The van der Waals surface area contributed by atoms with E-state index in [2.05, 4.69) is 25.8 Å². The number of nitrogens with zero attached hydrogens (tertiary/aromatic N) is 2. The van der Waals surface area contributed by atoms with Crippen LogP contribution in [-0.2, 0) is 9.59 Å². The average molecular weight is 254 g/mol. The van der Waals surface area contributed by atoms with Crippen LogP contribution in [0.1, 0.15) is 32.6 Å². The molecule has 18 heavy (non-hydrogen) atoms. The third kappa shape index (κ3) is 4.04. The number of nitrogen functional groups attached to an aromatic ring is 1. The molecular formula is C10H18N6O2. The third-order valence-electron chi connectivity index (χ3n) is 2.26. The summed E-state index contributed by atoms with van der Waals surface area (Å²) in [6.45, 7) is 5.19. The van der Waals surface area contributed by atoms with E-state index in [1.165, 1.54) is 0 Å². The lowest BCUT2D eigenvalue weighted by molar-refractivity contribution is -0.128. The first-order valence-corrected chi connectivity index (χ1v) is 5.65. The van der Waals surface area contributed by atoms with E-state index in [1.807, 2.05) is 0 Å². The molecule has 0 fully saturated rings. The molecule has 0 aromatic carbocycles. The smallest absolute Gasteiger partial charge is 0.239 e. The molecule has 1 heterocycles. The van der Waals surface area contributed by atoms with Gasteiger partial charge in [-0.25, -0.2) is 0 Å². The quantitative estimate of drug-likeness (QED) is 0.554. The maximum atomic E-state index is 11.5. The molecule has 0 saturated heterocycles. The van der Waals surface area contributed by atoms with Gasteiger partial charge in [-0.3, -0.25) is 14.7 Å². The van der Waals surface area contributed by atoms with Gasteiger partial charge in [0.25, 0.3) is 0 Å². The van der Waals surface area contributed by atoms with E-state index in [-0.39, 0.29) is 36.3 Å². The number of H-pyrrole nitrogens is 1. The number of nitrogens with two attached hydrogens (primary N) is 1. The lowest BCUT2D eigenvalue weighted by atomic mass is 10.2. The minimum absolute atomic E-state index is 0.0645. The molecule has 0 aliphatic heterocycles. The zero-order valence-corrected chi connectivity index (χ0v) is 10.7. The fraction of sp³-hybridized carbons (Fsp3) is 0.600. The molecule has 0 bridgehead atoms. The topological polar surface area (TPSA) is 126 Å². The van der Waals surface area contributed by atoms with E-state index in [0.29, 0.717) is 5.82 Å². The second-order valence-corrected chi connectivity index (χ2v) is 4.24. The highest BCUT2D eigenvalue weighted by molar-refractivity contribution is 5.85. The number of hydrogen-bond donors (Lipinski definition) is 4. The highest BCUT2D eigenvalue weighted by Crippen LogP contribution is 2.05. The molecular weight excluding hydrogens is 236 g/mol. The zero-order valence-electron chi connectivity index (χ0n) is 10.7. The summed E-state index contributed by atoms with van der Waals surface area (Å²) in [5.41, 5.74) is 5.36. The molecule has 5 N–H and O–H groups in total. The SMILES string of the molecule is CC(C)C(=O)NCC(=O)NC(C)c1nc(N)n[nH]1. The van der Waals surface area contributed by atoms with Crippen molar-refractivity contribution >= 4 is 17.8 Å². The zero-order chi connectivity index (χ0) is 13.7. The highest BCUT2D eigenvalue weighted by atomic mass is 16.2. The predicted octanol–water partition coefficient (Wildman–Crippen LogP) is -0.664. The number of carbonyl (C=O) groups excluding carboxylic acids is 2. The Morgan fingerprint density at radius 3 is 2.56 bits per heavy atom. The van der Waals surface area contributed by atoms with Crippen molar-refractivity contribution in [2.24, 2.45) is 5.92 Å². The number of nitrogens with one attached hydrogen (secondary N) is 3. The van der Waals surface area contributed by atoms with Crippen LogP contribution < -0.4 is 16.4 Å². The summed E-state index contributed by atoms with van der Waals surface area (Å²) >= 11 is 0. The van der Waals surface area contributed by atoms with Gasteiger partial charge in [0.05, 0.1) is 12.6 Å². The molecule has 0 radical (unpaired) electrons. The largest absolute Gasteiger partial charge is 0.367 e. The van der Waals surface area contributed by atoms with Gasteiger partial charge in [0, 0.05) is 5.92 Å². The molecule has 0 aliphatic rings. The second-order valence-electron chi connectivity index (χ2n) is 4.24. The standard InChI is InChI=1S/C10H18N6O2/c1-5(2)9(18)12-4-7(17)13-6(3)8-14-10(11)16-15-8/h5-6H,4H2,1-3H3,(H,12,18)(H,13,17)(H3,11,14,15,16). The van der Waals surface area contributed by atoms with Crippen molar-refractivity contribution in [2.75, 3.05) is 12.3 Å². The minimum Gasteiger partial charge on any atom is -0.367 e. The number of aromatic nitrogens is 3. The van der Waals surface area contributed by atoms with Crippen LogP contribution in [0.25, 0.3) is 0 Å². The molecule has 1 aromatic heterocycles. The lowest BCUT2D eigenvalue weighted by Crippen LogP contribution is -2.39. The Morgan fingerprint density at radius 2 is 2.06 bits per heavy atom. The van der Waals surface area contributed by atoms with Crippen LogP contribution >= 0.6 is 0 Å². The number of aromatic amines is 1. The van der Waals surface area contributed by atoms with E-state index in [1.54, 1.807) is 20.8 Å². The minimum atomic E-state index is -0.349. The molecule has 0 saturated carbocycles. The molecule has 8 heteroatoms. The normalized spacial score (nSPS) is 12.2. The van der Waals surface area contributed by atoms with Gasteiger partial charge in [0.1, 0.15) is 5.82 Å². The molecule has 0 aliphatic carbocycles. The predicted molar refractivity (Wildman–Crippen MR) is 65.2 cm³/mol. The van der Waals surface area contributed by atoms with E-state index < -0.39 is 0 Å². The van der Waals surface area contributed by atoms with Crippen molar-refractivity contribution in [1.82, 2.24) is 25.8 Å². The fourth-order valence-electron chi connectivity index (χ4n) is 1.21. The molecule has 1 atom stereocenters. The summed E-state index contributed by atoms with van der Waals surface area (Å²) in [6, 6.07) is -0.349. The monoisotopic (exact) mass is 254 g/mol. The van der Waals surface area contributed by atoms with Gasteiger partial charge in [-0.1, -0.05) is 13.8 Å². The van der Waals surface area contributed by atoms with E-state index >= 15 is 0 Å². The summed E-state index contributed by atoms with van der Waals surface area (Å²) in [4.78, 5) is 26.7. The maximum absolute atomic E-state index is 11.5. The first kappa shape index (κ1) is 13.9. The Bertz CT molecular complexity index is 428. The summed E-state index contributed by atoms with van der Waals surface area (Å²) in [6.07, 6.45) is 0. The van der Waals surface area contributed by atoms with Crippen molar-refractivity contribution in [2.45, 2.75) is 26.8 Å². The van der Waals surface area contributed by atoms with Crippen LogP contribution in [0.15, 0.2) is 0 Å². The summed E-state index contributed by atoms with van der Waals surface area (Å²) in [5, 5.41) is 11.5. The Balaban J connectivity index is 2.38. The number of anilines is 1. The molecule has 100 valence electrons. The number of hydrogen-bond acceptors (Lipinski definition) is 5. The first-order chi connectivity index (χ1) is 8.40. The lowest BCUT2D eigenvalue weighted by Gasteiger charge is -2.12. The van der Waals surface area contributed by atoms with Crippen LogP contribution in [0.5, 0.6) is 0 Å². The van der Waals surface area contributed by atoms with Gasteiger partial charge in [0.2, 0.25) is 17.8 Å². The average Bonchev–Trinajstić information content (AvgIpc) is 2.72. The molecule has 0 spiro atoms. The van der Waals surface area contributed by atoms with Crippen molar-refractivity contribution in [3.8, 4) is 0 Å². The first-order valence-electron chi connectivity index (χ1n) is 5.65. The van der Waals surface area contributed by atoms with Gasteiger partial charge in [-0.2, -0.15) is 4.98 Å². The van der Waals surface area contributed by atoms with Gasteiger partial charge >= 0.3 is 0 Å². The molecule has 1 aromatic rings. The molecule has 8 nitrogen and oxygen atoms in total. The second kappa shape index (κ2) is 5.99. The van der Waals surface area contributed by atoms with Crippen molar-refractivity contribution < 1.29 is 9.59 Å². The van der Waals surface area contributed by atoms with Crippen LogP contribution in [0.3, 0.4) is 0 Å². The fourth-order valence-corrected chi connectivity index (χ4v) is 1.21. The number of amides is 2. The van der Waals surface area contributed by atoms with Crippen LogP contribution in [-0.4, -0.2) is 33.5 Å². The third-order valence-corrected chi connectivity index (χ3v) is 2.26. The molecule has 2 amide bonds. The number of carbonyl (C=O) groups is 2. The van der Waals surface area contributed by atoms with E-state index in [0.717, 1.165) is 0 Å². The number of rotatable bonds is 5. The Labute approximate surface area is 105 Å². The summed E-state index contributed by atoms with van der Waals surface area (Å²) in [5.74, 6) is -0.0206. The summed E-state index contributed by atoms with van der Waals surface area (Å²) < 4.78 is 0. The Morgan fingerprint density at radius 1 is 1.39 bits per heavy atom.